The quantitative estimate of drug-likeness (QED) is 0.793. The van der Waals surface area contributed by atoms with Crippen molar-refractivity contribution in [3.05, 3.63) is 58.6 Å². The molecule has 3 rings (SSSR count). The van der Waals surface area contributed by atoms with Crippen LogP contribution in [0.25, 0.3) is 17.1 Å². The molecule has 0 bridgehead atoms. The summed E-state index contributed by atoms with van der Waals surface area (Å²) in [6.07, 6.45) is 0. The predicted octanol–water partition coefficient (Wildman–Crippen LogP) is 3.11. The Morgan fingerprint density at radius 1 is 1.14 bits per heavy atom. The van der Waals surface area contributed by atoms with Crippen LogP contribution in [0.5, 0.6) is 0 Å². The van der Waals surface area contributed by atoms with Gasteiger partial charge in [-0.15, -0.1) is 15.0 Å². The van der Waals surface area contributed by atoms with E-state index in [1.54, 1.807) is 0 Å². The van der Waals surface area contributed by atoms with Crippen molar-refractivity contribution in [2.45, 2.75) is 13.0 Å². The van der Waals surface area contributed by atoms with E-state index in [-0.39, 0.29) is 6.04 Å². The number of tetrazole rings is 1. The molecule has 0 saturated carbocycles. The molecule has 2 N–H and O–H groups in total. The second-order valence-corrected chi connectivity index (χ2v) is 5.68. The van der Waals surface area contributed by atoms with Crippen molar-refractivity contribution in [1.29, 1.82) is 0 Å². The minimum absolute atomic E-state index is 0.112. The molecule has 21 heavy (non-hydrogen) atoms. The second-order valence-electron chi connectivity index (χ2n) is 4.76. The molecule has 1 aromatic heterocycles. The van der Waals surface area contributed by atoms with E-state index in [1.807, 2.05) is 55.5 Å². The Balaban J connectivity index is 2.06. The summed E-state index contributed by atoms with van der Waals surface area (Å²) in [5.41, 5.74) is 8.74. The first-order chi connectivity index (χ1) is 10.1. The molecule has 1 atom stereocenters. The van der Waals surface area contributed by atoms with Crippen LogP contribution in [-0.4, -0.2) is 20.2 Å². The highest BCUT2D eigenvalue weighted by Gasteiger charge is 2.13. The van der Waals surface area contributed by atoms with E-state index in [0.717, 1.165) is 21.3 Å². The van der Waals surface area contributed by atoms with Gasteiger partial charge in [0, 0.05) is 16.1 Å². The van der Waals surface area contributed by atoms with Gasteiger partial charge in [-0.3, -0.25) is 0 Å². The molecule has 0 aliphatic heterocycles. The monoisotopic (exact) mass is 343 g/mol. The van der Waals surface area contributed by atoms with Crippen molar-refractivity contribution in [3.63, 3.8) is 0 Å². The zero-order valence-corrected chi connectivity index (χ0v) is 13.0. The Morgan fingerprint density at radius 2 is 1.90 bits per heavy atom. The molecule has 0 amide bonds. The van der Waals surface area contributed by atoms with Crippen molar-refractivity contribution >= 4 is 15.9 Å². The first-order valence-electron chi connectivity index (χ1n) is 6.56. The predicted molar refractivity (Wildman–Crippen MR) is 84.9 cm³/mol. The van der Waals surface area contributed by atoms with Crippen LogP contribution in [-0.2, 0) is 0 Å². The third-order valence-electron chi connectivity index (χ3n) is 3.14. The van der Waals surface area contributed by atoms with E-state index in [4.69, 9.17) is 5.73 Å². The van der Waals surface area contributed by atoms with E-state index in [1.165, 1.54) is 4.80 Å². The Morgan fingerprint density at radius 3 is 2.62 bits per heavy atom. The average Bonchev–Trinajstić information content (AvgIpc) is 2.97. The van der Waals surface area contributed by atoms with Gasteiger partial charge in [-0.2, -0.15) is 0 Å². The summed E-state index contributed by atoms with van der Waals surface area (Å²) < 4.78 is 0.945. The van der Waals surface area contributed by atoms with Crippen molar-refractivity contribution in [3.8, 4) is 17.1 Å². The maximum Gasteiger partial charge on any atom is 0.205 e. The second kappa shape index (κ2) is 5.75. The number of aromatic nitrogens is 4. The van der Waals surface area contributed by atoms with Crippen LogP contribution < -0.4 is 5.73 Å². The van der Waals surface area contributed by atoms with Crippen LogP contribution in [0, 0.1) is 0 Å². The number of hydrogen-bond acceptors (Lipinski definition) is 4. The van der Waals surface area contributed by atoms with Crippen molar-refractivity contribution in [2.24, 2.45) is 5.73 Å². The van der Waals surface area contributed by atoms with Gasteiger partial charge in [-0.25, -0.2) is 0 Å². The van der Waals surface area contributed by atoms with Gasteiger partial charge < -0.3 is 5.73 Å². The molecule has 0 radical (unpaired) electrons. The van der Waals surface area contributed by atoms with E-state index < -0.39 is 0 Å². The highest BCUT2D eigenvalue weighted by molar-refractivity contribution is 9.10. The fraction of sp³-hybridized carbons (Fsp3) is 0.133. The number of rotatable bonds is 3. The van der Waals surface area contributed by atoms with Gasteiger partial charge in [-0.05, 0) is 29.8 Å². The van der Waals surface area contributed by atoms with Gasteiger partial charge in [0.25, 0.3) is 0 Å². The maximum absolute atomic E-state index is 6.02. The number of nitrogens with zero attached hydrogens (tertiary/aromatic N) is 4. The Bertz CT molecular complexity index is 752. The third-order valence-corrected chi connectivity index (χ3v) is 3.64. The van der Waals surface area contributed by atoms with Gasteiger partial charge in [0.1, 0.15) is 0 Å². The van der Waals surface area contributed by atoms with Crippen molar-refractivity contribution < 1.29 is 0 Å². The summed E-state index contributed by atoms with van der Waals surface area (Å²) in [4.78, 5) is 1.52. The first-order valence-corrected chi connectivity index (χ1v) is 7.35. The summed E-state index contributed by atoms with van der Waals surface area (Å²) in [7, 11) is 0. The van der Waals surface area contributed by atoms with Gasteiger partial charge >= 0.3 is 0 Å². The lowest BCUT2D eigenvalue weighted by Gasteiger charge is -2.11. The average molecular weight is 344 g/mol. The Kier molecular flexibility index (Phi) is 3.81. The Labute approximate surface area is 130 Å². The summed E-state index contributed by atoms with van der Waals surface area (Å²) in [5, 5.41) is 12.7. The fourth-order valence-electron chi connectivity index (χ4n) is 2.09. The SMILES string of the molecule is CC(N)c1ccc(Br)cc1-n1nnc(-c2ccccc2)n1. The molecular formula is C15H14BrN5. The van der Waals surface area contributed by atoms with Gasteiger partial charge in [0.05, 0.1) is 5.69 Å². The molecular weight excluding hydrogens is 330 g/mol. The Hall–Kier alpha value is -2.05. The van der Waals surface area contributed by atoms with Crippen molar-refractivity contribution in [1.82, 2.24) is 20.2 Å². The summed E-state index contributed by atoms with van der Waals surface area (Å²) in [6, 6.07) is 15.5. The lowest BCUT2D eigenvalue weighted by atomic mass is 10.1. The smallest absolute Gasteiger partial charge is 0.205 e. The number of nitrogens with two attached hydrogens (primary N) is 1. The zero-order chi connectivity index (χ0) is 14.8. The molecule has 6 heteroatoms. The maximum atomic E-state index is 6.02. The van der Waals surface area contributed by atoms with E-state index in [2.05, 4.69) is 31.3 Å². The van der Waals surface area contributed by atoms with E-state index in [9.17, 15) is 0 Å². The third kappa shape index (κ3) is 2.86. The number of benzene rings is 2. The first kappa shape index (κ1) is 13.9. The van der Waals surface area contributed by atoms with Crippen LogP contribution in [0.2, 0.25) is 0 Å². The molecule has 106 valence electrons. The molecule has 2 aromatic carbocycles. The molecule has 0 fully saturated rings. The number of hydrogen-bond donors (Lipinski definition) is 1. The van der Waals surface area contributed by atoms with Crippen LogP contribution in [0.3, 0.4) is 0 Å². The fourth-order valence-corrected chi connectivity index (χ4v) is 2.44. The molecule has 0 aliphatic rings. The van der Waals surface area contributed by atoms with Gasteiger partial charge in [0.15, 0.2) is 0 Å². The van der Waals surface area contributed by atoms with Crippen LogP contribution >= 0.6 is 15.9 Å². The minimum atomic E-state index is -0.112. The lowest BCUT2D eigenvalue weighted by molar-refractivity contribution is 0.695. The van der Waals surface area contributed by atoms with E-state index in [0.29, 0.717) is 5.82 Å². The zero-order valence-electron chi connectivity index (χ0n) is 11.4. The topological polar surface area (TPSA) is 69.6 Å². The highest BCUT2D eigenvalue weighted by Crippen LogP contribution is 2.24. The highest BCUT2D eigenvalue weighted by atomic mass is 79.9. The van der Waals surface area contributed by atoms with Crippen molar-refractivity contribution in [2.75, 3.05) is 0 Å². The molecule has 5 nitrogen and oxygen atoms in total. The standard InChI is InChI=1S/C15H14BrN5/c1-10(17)13-8-7-12(16)9-14(13)21-19-15(18-20-21)11-5-3-2-4-6-11/h2-10H,17H2,1H3. The minimum Gasteiger partial charge on any atom is -0.324 e. The molecule has 1 unspecified atom stereocenters. The summed E-state index contributed by atoms with van der Waals surface area (Å²) in [5.74, 6) is 0.589. The van der Waals surface area contributed by atoms with Gasteiger partial charge in [-0.1, -0.05) is 52.3 Å². The van der Waals surface area contributed by atoms with Crippen LogP contribution in [0.15, 0.2) is 53.0 Å². The van der Waals surface area contributed by atoms with Crippen LogP contribution in [0.4, 0.5) is 0 Å². The molecule has 0 saturated heterocycles. The summed E-state index contributed by atoms with van der Waals surface area (Å²) in [6.45, 7) is 1.93. The summed E-state index contributed by atoms with van der Waals surface area (Å²) >= 11 is 3.46. The van der Waals surface area contributed by atoms with Gasteiger partial charge in [0.2, 0.25) is 5.82 Å². The molecule has 3 aromatic rings. The number of halogens is 1. The molecule has 0 aliphatic carbocycles. The van der Waals surface area contributed by atoms with Crippen LogP contribution in [0.1, 0.15) is 18.5 Å². The largest absolute Gasteiger partial charge is 0.324 e. The molecule has 1 heterocycles. The van der Waals surface area contributed by atoms with E-state index >= 15 is 0 Å². The molecule has 0 spiro atoms. The normalized spacial score (nSPS) is 12.3. The lowest BCUT2D eigenvalue weighted by Crippen LogP contribution is -2.11.